The van der Waals surface area contributed by atoms with E-state index in [0.717, 1.165) is 18.2 Å². The number of benzene rings is 2. The summed E-state index contributed by atoms with van der Waals surface area (Å²) in [7, 11) is -4.00. The molecule has 156 valence electrons. The zero-order chi connectivity index (χ0) is 21.7. The molecule has 7 nitrogen and oxygen atoms in total. The molecule has 0 atom stereocenters. The predicted molar refractivity (Wildman–Crippen MR) is 105 cm³/mol. The van der Waals surface area contributed by atoms with Crippen LogP contribution in [0.1, 0.15) is 12.5 Å². The number of aromatic nitrogens is 1. The molecule has 1 heterocycles. The Balaban J connectivity index is 1.73. The Morgan fingerprint density at radius 2 is 1.83 bits per heavy atom. The standard InChI is InChI=1S/C20H17F2N3O4S/c1-13(26)25-18-11-15(6-7-16(18)21)30(27,28)24-12-14-8-9-23-20(10-14)29-19-5-3-2-4-17(19)22/h2-11,24H,12H2,1H3,(H,25,26). The summed E-state index contributed by atoms with van der Waals surface area (Å²) in [6.07, 6.45) is 1.40. The number of nitrogens with zero attached hydrogens (tertiary/aromatic N) is 1. The van der Waals surface area contributed by atoms with Gasteiger partial charge in [0, 0.05) is 25.7 Å². The minimum Gasteiger partial charge on any atom is -0.436 e. The van der Waals surface area contributed by atoms with E-state index in [0.29, 0.717) is 5.56 Å². The molecule has 0 bridgehead atoms. The number of hydrogen-bond acceptors (Lipinski definition) is 5. The maximum Gasteiger partial charge on any atom is 0.240 e. The number of halogens is 2. The third-order valence-electron chi connectivity index (χ3n) is 3.88. The lowest BCUT2D eigenvalue weighted by molar-refractivity contribution is -0.114. The molecule has 3 rings (SSSR count). The molecule has 2 N–H and O–H groups in total. The Morgan fingerprint density at radius 3 is 2.57 bits per heavy atom. The van der Waals surface area contributed by atoms with Crippen LogP contribution >= 0.6 is 0 Å². The van der Waals surface area contributed by atoms with Crippen LogP contribution in [0.4, 0.5) is 14.5 Å². The number of carbonyl (C=O) groups excluding carboxylic acids is 1. The molecule has 3 aromatic rings. The summed E-state index contributed by atoms with van der Waals surface area (Å²) in [5, 5.41) is 2.23. The lowest BCUT2D eigenvalue weighted by atomic mass is 10.3. The van der Waals surface area contributed by atoms with Gasteiger partial charge in [0.05, 0.1) is 10.6 Å². The molecule has 1 aromatic heterocycles. The summed E-state index contributed by atoms with van der Waals surface area (Å²) in [6.45, 7) is 1.06. The zero-order valence-electron chi connectivity index (χ0n) is 15.7. The van der Waals surface area contributed by atoms with E-state index in [9.17, 15) is 22.0 Å². The molecule has 0 aliphatic carbocycles. The molecule has 0 saturated carbocycles. The van der Waals surface area contributed by atoms with Crippen molar-refractivity contribution in [2.75, 3.05) is 5.32 Å². The number of ether oxygens (including phenoxy) is 1. The van der Waals surface area contributed by atoms with Gasteiger partial charge in [0.15, 0.2) is 11.6 Å². The fourth-order valence-electron chi connectivity index (χ4n) is 2.48. The second-order valence-electron chi connectivity index (χ2n) is 6.18. The van der Waals surface area contributed by atoms with Gasteiger partial charge in [-0.2, -0.15) is 0 Å². The van der Waals surface area contributed by atoms with Gasteiger partial charge in [-0.15, -0.1) is 0 Å². The normalized spacial score (nSPS) is 11.2. The van der Waals surface area contributed by atoms with Crippen molar-refractivity contribution in [2.24, 2.45) is 0 Å². The van der Waals surface area contributed by atoms with Crippen LogP contribution in [-0.4, -0.2) is 19.3 Å². The third-order valence-corrected chi connectivity index (χ3v) is 5.27. The van der Waals surface area contributed by atoms with E-state index in [1.807, 2.05) is 0 Å². The average molecular weight is 433 g/mol. The number of sulfonamides is 1. The van der Waals surface area contributed by atoms with Crippen LogP contribution in [0.5, 0.6) is 11.6 Å². The van der Waals surface area contributed by atoms with Gasteiger partial charge in [-0.1, -0.05) is 12.1 Å². The summed E-state index contributed by atoms with van der Waals surface area (Å²) in [5.41, 5.74) is 0.263. The Morgan fingerprint density at radius 1 is 1.07 bits per heavy atom. The van der Waals surface area contributed by atoms with Gasteiger partial charge >= 0.3 is 0 Å². The lowest BCUT2D eigenvalue weighted by Crippen LogP contribution is -2.23. The first-order chi connectivity index (χ1) is 14.2. The maximum absolute atomic E-state index is 13.7. The van der Waals surface area contributed by atoms with E-state index in [4.69, 9.17) is 4.74 Å². The molecule has 0 saturated heterocycles. The van der Waals surface area contributed by atoms with Crippen LogP contribution < -0.4 is 14.8 Å². The first-order valence-corrected chi connectivity index (χ1v) is 10.2. The lowest BCUT2D eigenvalue weighted by Gasteiger charge is -2.10. The van der Waals surface area contributed by atoms with Crippen molar-refractivity contribution in [3.63, 3.8) is 0 Å². The number of nitrogens with one attached hydrogen (secondary N) is 2. The highest BCUT2D eigenvalue weighted by molar-refractivity contribution is 7.89. The summed E-state index contributed by atoms with van der Waals surface area (Å²) in [5.74, 6) is -1.77. The van der Waals surface area contributed by atoms with Gasteiger partial charge in [-0.25, -0.2) is 26.9 Å². The Kier molecular flexibility index (Phi) is 6.38. The van der Waals surface area contributed by atoms with Gasteiger partial charge in [-0.05, 0) is 42.0 Å². The van der Waals surface area contributed by atoms with Crippen molar-refractivity contribution in [3.8, 4) is 11.6 Å². The maximum atomic E-state index is 13.7. The summed E-state index contributed by atoms with van der Waals surface area (Å²) < 4.78 is 60.3. The molecular weight excluding hydrogens is 416 g/mol. The number of anilines is 1. The molecule has 2 aromatic carbocycles. The number of hydrogen-bond donors (Lipinski definition) is 2. The molecule has 30 heavy (non-hydrogen) atoms. The van der Waals surface area contributed by atoms with Crippen LogP contribution in [0.25, 0.3) is 0 Å². The Bertz CT molecular complexity index is 1190. The minimum atomic E-state index is -4.00. The van der Waals surface area contributed by atoms with Crippen LogP contribution in [0.3, 0.4) is 0 Å². The van der Waals surface area contributed by atoms with Gasteiger partial charge in [-0.3, -0.25) is 4.79 Å². The molecule has 10 heteroatoms. The number of rotatable bonds is 7. The van der Waals surface area contributed by atoms with Gasteiger partial charge in [0.25, 0.3) is 0 Å². The molecule has 1 amide bonds. The summed E-state index contributed by atoms with van der Waals surface area (Å²) in [4.78, 5) is 14.9. The van der Waals surface area contributed by atoms with Crippen molar-refractivity contribution >= 4 is 21.6 Å². The highest BCUT2D eigenvalue weighted by Crippen LogP contribution is 2.23. The smallest absolute Gasteiger partial charge is 0.240 e. The van der Waals surface area contributed by atoms with Gasteiger partial charge in [0.1, 0.15) is 5.82 Å². The number of amides is 1. The fraction of sp³-hybridized carbons (Fsp3) is 0.100. The molecule has 0 radical (unpaired) electrons. The van der Waals surface area contributed by atoms with Crippen molar-refractivity contribution in [3.05, 3.63) is 78.0 Å². The zero-order valence-corrected chi connectivity index (χ0v) is 16.5. The van der Waals surface area contributed by atoms with Crippen LogP contribution in [-0.2, 0) is 21.4 Å². The van der Waals surface area contributed by atoms with Crippen molar-refractivity contribution in [1.29, 1.82) is 0 Å². The quantitative estimate of drug-likeness (QED) is 0.594. The van der Waals surface area contributed by atoms with E-state index in [1.54, 1.807) is 12.1 Å². The van der Waals surface area contributed by atoms with E-state index in [1.165, 1.54) is 37.4 Å². The van der Waals surface area contributed by atoms with Crippen LogP contribution in [0.15, 0.2) is 65.7 Å². The molecule has 0 spiro atoms. The van der Waals surface area contributed by atoms with Crippen molar-refractivity contribution < 1.29 is 26.7 Å². The van der Waals surface area contributed by atoms with Gasteiger partial charge in [0.2, 0.25) is 21.8 Å². The topological polar surface area (TPSA) is 97.4 Å². The van der Waals surface area contributed by atoms with E-state index in [-0.39, 0.29) is 28.8 Å². The van der Waals surface area contributed by atoms with E-state index < -0.39 is 27.6 Å². The molecule has 0 aliphatic rings. The second-order valence-corrected chi connectivity index (χ2v) is 7.95. The number of para-hydroxylation sites is 1. The molecule has 0 unspecified atom stereocenters. The van der Waals surface area contributed by atoms with Crippen LogP contribution in [0, 0.1) is 11.6 Å². The molecular formula is C20H17F2N3O4S. The van der Waals surface area contributed by atoms with Crippen molar-refractivity contribution in [1.82, 2.24) is 9.71 Å². The third kappa shape index (κ3) is 5.37. The largest absolute Gasteiger partial charge is 0.436 e. The first kappa shape index (κ1) is 21.3. The fourth-order valence-corrected chi connectivity index (χ4v) is 3.52. The summed E-state index contributed by atoms with van der Waals surface area (Å²) >= 11 is 0. The van der Waals surface area contributed by atoms with Gasteiger partial charge < -0.3 is 10.1 Å². The van der Waals surface area contributed by atoms with E-state index >= 15 is 0 Å². The Hall–Kier alpha value is -3.37. The highest BCUT2D eigenvalue weighted by atomic mass is 32.2. The number of pyridine rings is 1. The molecule has 0 fully saturated rings. The number of carbonyl (C=O) groups is 1. The highest BCUT2D eigenvalue weighted by Gasteiger charge is 2.17. The average Bonchev–Trinajstić information content (AvgIpc) is 2.70. The Labute approximate surface area is 171 Å². The predicted octanol–water partition coefficient (Wildman–Crippen LogP) is 3.59. The van der Waals surface area contributed by atoms with Crippen molar-refractivity contribution in [2.45, 2.75) is 18.4 Å². The monoisotopic (exact) mass is 433 g/mol. The minimum absolute atomic E-state index is 0.0143. The molecule has 0 aliphatic heterocycles. The first-order valence-electron chi connectivity index (χ1n) is 8.69. The van der Waals surface area contributed by atoms with E-state index in [2.05, 4.69) is 15.0 Å². The SMILES string of the molecule is CC(=O)Nc1cc(S(=O)(=O)NCc2ccnc(Oc3ccccc3F)c2)ccc1F. The van der Waals surface area contributed by atoms with Crippen LogP contribution in [0.2, 0.25) is 0 Å². The summed E-state index contributed by atoms with van der Waals surface area (Å²) in [6, 6.07) is 11.9. The second kappa shape index (κ2) is 8.97.